The van der Waals surface area contributed by atoms with Crippen molar-refractivity contribution in [2.75, 3.05) is 0 Å². The smallest absolute Gasteiger partial charge is 0.345 e. The fraction of sp³-hybridized carbons (Fsp3) is 0. The van der Waals surface area contributed by atoms with Crippen LogP contribution in [-0.4, -0.2) is 16.0 Å². The summed E-state index contributed by atoms with van der Waals surface area (Å²) in [5, 5.41) is 21.3. The number of nitrogens with zero attached hydrogens (tertiary/aromatic N) is 1. The average Bonchev–Trinajstić information content (AvgIpc) is 2.78. The number of carboxylic acid groups (broad SMARTS) is 1. The molecule has 2 rings (SSSR count). The number of carbonyl (C=O) groups is 1. The minimum Gasteiger partial charge on any atom is -0.477 e. The Morgan fingerprint density at radius 3 is 2.72 bits per heavy atom. The number of nitro groups is 1. The fourth-order valence-electron chi connectivity index (χ4n) is 1.31. The van der Waals surface area contributed by atoms with Crippen LogP contribution in [0.3, 0.4) is 0 Å². The molecule has 0 aliphatic rings. The molecule has 0 saturated heterocycles. The first-order chi connectivity index (χ1) is 8.58. The van der Waals surface area contributed by atoms with Crippen LogP contribution < -0.4 is 0 Å². The second-order valence-electron chi connectivity index (χ2n) is 3.28. The molecule has 7 heteroatoms. The Hall–Kier alpha value is -1.86. The van der Waals surface area contributed by atoms with Crippen molar-refractivity contribution in [1.29, 1.82) is 0 Å². The van der Waals surface area contributed by atoms with Gasteiger partial charge in [0.2, 0.25) is 0 Å². The van der Waals surface area contributed by atoms with Gasteiger partial charge in [-0.15, -0.1) is 11.3 Å². The van der Waals surface area contributed by atoms with Crippen molar-refractivity contribution >= 4 is 34.8 Å². The molecular formula is C11H7NO4S2. The van der Waals surface area contributed by atoms with Gasteiger partial charge in [-0.2, -0.15) is 0 Å². The van der Waals surface area contributed by atoms with Crippen molar-refractivity contribution in [2.45, 2.75) is 9.79 Å². The maximum Gasteiger partial charge on any atom is 0.345 e. The van der Waals surface area contributed by atoms with E-state index in [0.29, 0.717) is 9.79 Å². The van der Waals surface area contributed by atoms with Crippen molar-refractivity contribution in [3.05, 3.63) is 50.7 Å². The molecule has 2 aromatic rings. The third-order valence-electron chi connectivity index (χ3n) is 2.08. The molecule has 1 aromatic heterocycles. The lowest BCUT2D eigenvalue weighted by atomic mass is 10.3. The summed E-state index contributed by atoms with van der Waals surface area (Å²) < 4.78 is 0. The number of hydrogen-bond acceptors (Lipinski definition) is 5. The van der Waals surface area contributed by atoms with Crippen LogP contribution in [0.15, 0.2) is 45.5 Å². The number of para-hydroxylation sites is 1. The van der Waals surface area contributed by atoms with E-state index in [2.05, 4.69) is 0 Å². The SMILES string of the molecule is O=C(O)c1cc(Sc2ccccc2[N+](=O)[O-])cs1. The van der Waals surface area contributed by atoms with E-state index in [1.165, 1.54) is 23.9 Å². The molecule has 0 atom stereocenters. The van der Waals surface area contributed by atoms with E-state index in [9.17, 15) is 14.9 Å². The van der Waals surface area contributed by atoms with Gasteiger partial charge in [0.15, 0.2) is 0 Å². The quantitative estimate of drug-likeness (QED) is 0.685. The first-order valence-corrected chi connectivity index (χ1v) is 6.50. The van der Waals surface area contributed by atoms with Gasteiger partial charge in [0.25, 0.3) is 5.69 Å². The van der Waals surface area contributed by atoms with Gasteiger partial charge in [0.1, 0.15) is 4.88 Å². The van der Waals surface area contributed by atoms with Crippen LogP contribution in [0.2, 0.25) is 0 Å². The lowest BCUT2D eigenvalue weighted by Gasteiger charge is -1.99. The molecule has 18 heavy (non-hydrogen) atoms. The van der Waals surface area contributed by atoms with Gasteiger partial charge in [-0.25, -0.2) is 4.79 Å². The Labute approximate surface area is 110 Å². The second-order valence-corrected chi connectivity index (χ2v) is 5.31. The topological polar surface area (TPSA) is 80.4 Å². The Morgan fingerprint density at radius 2 is 2.11 bits per heavy atom. The van der Waals surface area contributed by atoms with Gasteiger partial charge < -0.3 is 5.11 Å². The summed E-state index contributed by atoms with van der Waals surface area (Å²) >= 11 is 2.29. The van der Waals surface area contributed by atoms with Crippen LogP contribution in [0.1, 0.15) is 9.67 Å². The Morgan fingerprint density at radius 1 is 1.39 bits per heavy atom. The third kappa shape index (κ3) is 2.69. The van der Waals surface area contributed by atoms with Crippen LogP contribution in [-0.2, 0) is 0 Å². The first-order valence-electron chi connectivity index (χ1n) is 4.81. The van der Waals surface area contributed by atoms with Crippen molar-refractivity contribution in [3.63, 3.8) is 0 Å². The van der Waals surface area contributed by atoms with E-state index in [1.54, 1.807) is 23.6 Å². The highest BCUT2D eigenvalue weighted by molar-refractivity contribution is 7.99. The van der Waals surface area contributed by atoms with Crippen molar-refractivity contribution < 1.29 is 14.8 Å². The molecule has 5 nitrogen and oxygen atoms in total. The molecule has 0 amide bonds. The molecule has 0 saturated carbocycles. The lowest BCUT2D eigenvalue weighted by molar-refractivity contribution is -0.387. The third-order valence-corrected chi connectivity index (χ3v) is 4.18. The molecule has 0 spiro atoms. The summed E-state index contributed by atoms with van der Waals surface area (Å²) in [4.78, 5) is 22.5. The highest BCUT2D eigenvalue weighted by Crippen LogP contribution is 2.36. The molecule has 0 fully saturated rings. The van der Waals surface area contributed by atoms with E-state index in [1.807, 2.05) is 0 Å². The van der Waals surface area contributed by atoms with Crippen molar-refractivity contribution in [2.24, 2.45) is 0 Å². The first kappa shape index (κ1) is 12.6. The normalized spacial score (nSPS) is 10.2. The van der Waals surface area contributed by atoms with Gasteiger partial charge in [-0.1, -0.05) is 23.9 Å². The lowest BCUT2D eigenvalue weighted by Crippen LogP contribution is -1.90. The molecule has 1 heterocycles. The monoisotopic (exact) mass is 281 g/mol. The summed E-state index contributed by atoms with van der Waals surface area (Å²) in [6, 6.07) is 7.88. The molecule has 1 N–H and O–H groups in total. The Bertz CT molecular complexity index is 609. The van der Waals surface area contributed by atoms with Crippen LogP contribution in [0.5, 0.6) is 0 Å². The second kappa shape index (κ2) is 5.19. The van der Waals surface area contributed by atoms with Crippen LogP contribution in [0.25, 0.3) is 0 Å². The van der Waals surface area contributed by atoms with Crippen LogP contribution >= 0.6 is 23.1 Å². The predicted octanol–water partition coefficient (Wildman–Crippen LogP) is 3.51. The van der Waals surface area contributed by atoms with Crippen molar-refractivity contribution in [1.82, 2.24) is 0 Å². The fourth-order valence-corrected chi connectivity index (χ4v) is 3.15. The molecule has 92 valence electrons. The molecular weight excluding hydrogens is 274 g/mol. The van der Waals surface area contributed by atoms with Crippen molar-refractivity contribution in [3.8, 4) is 0 Å². The highest BCUT2D eigenvalue weighted by atomic mass is 32.2. The standard InChI is InChI=1S/C11H7NO4S2/c13-11(14)10-5-7(6-17-10)18-9-4-2-1-3-8(9)12(15)16/h1-6H,(H,13,14). The van der Waals surface area contributed by atoms with Crippen LogP contribution in [0, 0.1) is 10.1 Å². The molecule has 0 unspecified atom stereocenters. The van der Waals surface area contributed by atoms with Gasteiger partial charge in [0.05, 0.1) is 9.82 Å². The number of thiophene rings is 1. The van der Waals surface area contributed by atoms with Crippen LogP contribution in [0.4, 0.5) is 5.69 Å². The molecule has 0 radical (unpaired) electrons. The Kier molecular flexibility index (Phi) is 3.63. The Balaban J connectivity index is 2.28. The predicted molar refractivity (Wildman–Crippen MR) is 68.5 cm³/mol. The minimum absolute atomic E-state index is 0.0191. The number of carboxylic acids is 1. The molecule has 0 aliphatic heterocycles. The number of aromatic carboxylic acids is 1. The molecule has 0 aliphatic carbocycles. The molecule has 1 aromatic carbocycles. The highest BCUT2D eigenvalue weighted by Gasteiger charge is 2.15. The maximum absolute atomic E-state index is 10.8. The molecule has 0 bridgehead atoms. The zero-order chi connectivity index (χ0) is 13.1. The zero-order valence-electron chi connectivity index (χ0n) is 8.90. The average molecular weight is 281 g/mol. The van der Waals surface area contributed by atoms with Gasteiger partial charge >= 0.3 is 5.97 Å². The van der Waals surface area contributed by atoms with E-state index >= 15 is 0 Å². The zero-order valence-corrected chi connectivity index (χ0v) is 10.5. The minimum atomic E-state index is -0.991. The number of nitro benzene ring substituents is 1. The number of benzene rings is 1. The summed E-state index contributed by atoms with van der Waals surface area (Å²) in [5.74, 6) is -0.991. The van der Waals surface area contributed by atoms with Gasteiger partial charge in [-0.3, -0.25) is 10.1 Å². The van der Waals surface area contributed by atoms with E-state index in [4.69, 9.17) is 5.11 Å². The summed E-state index contributed by atoms with van der Waals surface area (Å²) in [7, 11) is 0. The largest absolute Gasteiger partial charge is 0.477 e. The van der Waals surface area contributed by atoms with E-state index in [0.717, 1.165) is 11.3 Å². The van der Waals surface area contributed by atoms with E-state index < -0.39 is 10.9 Å². The maximum atomic E-state index is 10.8. The van der Waals surface area contributed by atoms with E-state index in [-0.39, 0.29) is 10.6 Å². The number of rotatable bonds is 4. The van der Waals surface area contributed by atoms with Gasteiger partial charge in [0, 0.05) is 16.3 Å². The van der Waals surface area contributed by atoms with Gasteiger partial charge in [-0.05, 0) is 12.1 Å². The number of hydrogen-bond donors (Lipinski definition) is 1. The summed E-state index contributed by atoms with van der Waals surface area (Å²) in [5.41, 5.74) is 0.0191. The summed E-state index contributed by atoms with van der Waals surface area (Å²) in [6.45, 7) is 0. The summed E-state index contributed by atoms with van der Waals surface area (Å²) in [6.07, 6.45) is 0.